The molecular weight excluding hydrogens is 250 g/mol. The van der Waals surface area contributed by atoms with Gasteiger partial charge in [0.05, 0.1) is 23.5 Å². The van der Waals surface area contributed by atoms with E-state index in [9.17, 15) is 0 Å². The van der Waals surface area contributed by atoms with Crippen LogP contribution < -0.4 is 10.1 Å². The largest absolute Gasteiger partial charge is 0.490 e. The van der Waals surface area contributed by atoms with E-state index >= 15 is 0 Å². The third kappa shape index (κ3) is 2.70. The maximum Gasteiger partial charge on any atom is 0.120 e. The Hall–Kier alpha value is -1.81. The Balaban J connectivity index is 1.90. The highest BCUT2D eigenvalue weighted by atomic mass is 16.5. The number of nitrogens with zero attached hydrogens (tertiary/aromatic N) is 2. The highest BCUT2D eigenvalue weighted by molar-refractivity contribution is 5.35. The lowest BCUT2D eigenvalue weighted by Gasteiger charge is -2.18. The van der Waals surface area contributed by atoms with Gasteiger partial charge >= 0.3 is 0 Å². The fraction of sp³-hybridized carbons (Fsp3) is 0.438. The van der Waals surface area contributed by atoms with Crippen molar-refractivity contribution in [3.63, 3.8) is 0 Å². The van der Waals surface area contributed by atoms with Crippen molar-refractivity contribution in [3.05, 3.63) is 47.3 Å². The Kier molecular flexibility index (Phi) is 3.49. The van der Waals surface area contributed by atoms with Crippen LogP contribution in [-0.4, -0.2) is 22.9 Å². The van der Waals surface area contributed by atoms with Crippen LogP contribution >= 0.6 is 0 Å². The van der Waals surface area contributed by atoms with Crippen LogP contribution in [-0.2, 0) is 7.05 Å². The molecule has 1 atom stereocenters. The van der Waals surface area contributed by atoms with Gasteiger partial charge < -0.3 is 10.1 Å². The van der Waals surface area contributed by atoms with Gasteiger partial charge in [0.2, 0.25) is 0 Å². The lowest BCUT2D eigenvalue weighted by atomic mass is 10.0. The SMILES string of the molecule is CNC(c1cccc(OC2CC2)c1)c1cc(C)nn1C. The summed E-state index contributed by atoms with van der Waals surface area (Å²) in [6, 6.07) is 10.6. The predicted molar refractivity (Wildman–Crippen MR) is 78.9 cm³/mol. The summed E-state index contributed by atoms with van der Waals surface area (Å²) in [4.78, 5) is 0. The Morgan fingerprint density at radius 3 is 2.75 bits per heavy atom. The van der Waals surface area contributed by atoms with Gasteiger partial charge in [0.25, 0.3) is 0 Å². The zero-order valence-corrected chi connectivity index (χ0v) is 12.3. The number of hydrogen-bond donors (Lipinski definition) is 1. The van der Waals surface area contributed by atoms with Crippen molar-refractivity contribution in [2.45, 2.75) is 31.9 Å². The van der Waals surface area contributed by atoms with Crippen LogP contribution in [0, 0.1) is 6.92 Å². The molecule has 3 rings (SSSR count). The molecule has 1 heterocycles. The molecule has 4 nitrogen and oxygen atoms in total. The fourth-order valence-corrected chi connectivity index (χ4v) is 2.53. The molecule has 1 aliphatic carbocycles. The van der Waals surface area contributed by atoms with Gasteiger partial charge in [-0.25, -0.2) is 0 Å². The van der Waals surface area contributed by atoms with E-state index in [4.69, 9.17) is 4.74 Å². The zero-order valence-electron chi connectivity index (χ0n) is 12.3. The lowest BCUT2D eigenvalue weighted by Crippen LogP contribution is -2.20. The predicted octanol–water partition coefficient (Wildman–Crippen LogP) is 2.58. The summed E-state index contributed by atoms with van der Waals surface area (Å²) in [7, 11) is 3.96. The van der Waals surface area contributed by atoms with E-state index in [1.165, 1.54) is 18.4 Å². The van der Waals surface area contributed by atoms with E-state index in [1.54, 1.807) is 0 Å². The summed E-state index contributed by atoms with van der Waals surface area (Å²) in [5, 5.41) is 7.80. The first kappa shape index (κ1) is 13.2. The average Bonchev–Trinajstić information content (AvgIpc) is 3.16. The first-order valence-electron chi connectivity index (χ1n) is 7.12. The standard InChI is InChI=1S/C16H21N3O/c1-11-9-15(19(3)18-11)16(17-2)12-5-4-6-14(10-12)20-13-7-8-13/h4-6,9-10,13,16-17H,7-8H2,1-3H3. The maximum absolute atomic E-state index is 5.88. The van der Waals surface area contributed by atoms with E-state index in [1.807, 2.05) is 31.8 Å². The third-order valence-electron chi connectivity index (χ3n) is 3.64. The highest BCUT2D eigenvalue weighted by Crippen LogP contribution is 2.30. The van der Waals surface area contributed by atoms with Crippen LogP contribution in [0.1, 0.15) is 35.8 Å². The lowest BCUT2D eigenvalue weighted by molar-refractivity contribution is 0.302. The van der Waals surface area contributed by atoms with E-state index in [0.29, 0.717) is 6.10 Å². The molecule has 4 heteroatoms. The second kappa shape index (κ2) is 5.29. The molecule has 0 radical (unpaired) electrons. The number of benzene rings is 1. The van der Waals surface area contributed by atoms with Crippen molar-refractivity contribution in [3.8, 4) is 5.75 Å². The van der Waals surface area contributed by atoms with Crippen LogP contribution in [0.2, 0.25) is 0 Å². The second-order valence-electron chi connectivity index (χ2n) is 5.45. The second-order valence-corrected chi connectivity index (χ2v) is 5.45. The summed E-state index contributed by atoms with van der Waals surface area (Å²) in [6.45, 7) is 2.02. The topological polar surface area (TPSA) is 39.1 Å². The summed E-state index contributed by atoms with van der Waals surface area (Å²) in [6.07, 6.45) is 2.79. The van der Waals surface area contributed by atoms with Gasteiger partial charge in [-0.2, -0.15) is 5.10 Å². The van der Waals surface area contributed by atoms with Crippen LogP contribution in [0.5, 0.6) is 5.75 Å². The molecule has 1 aromatic heterocycles. The molecule has 1 saturated carbocycles. The molecule has 0 saturated heterocycles. The number of aromatic nitrogens is 2. The van der Waals surface area contributed by atoms with Crippen molar-refractivity contribution in [1.82, 2.24) is 15.1 Å². The van der Waals surface area contributed by atoms with Crippen LogP contribution in [0.3, 0.4) is 0 Å². The van der Waals surface area contributed by atoms with E-state index in [-0.39, 0.29) is 6.04 Å². The molecule has 0 bridgehead atoms. The first-order chi connectivity index (χ1) is 9.67. The molecule has 20 heavy (non-hydrogen) atoms. The van der Waals surface area contributed by atoms with Gasteiger partial charge in [-0.1, -0.05) is 12.1 Å². The summed E-state index contributed by atoms with van der Waals surface area (Å²) in [5.74, 6) is 0.962. The van der Waals surface area contributed by atoms with Crippen molar-refractivity contribution in [2.75, 3.05) is 7.05 Å². The molecule has 1 N–H and O–H groups in total. The first-order valence-corrected chi connectivity index (χ1v) is 7.12. The number of nitrogens with one attached hydrogen (secondary N) is 1. The van der Waals surface area contributed by atoms with Crippen LogP contribution in [0.4, 0.5) is 0 Å². The highest BCUT2D eigenvalue weighted by Gasteiger charge is 2.24. The van der Waals surface area contributed by atoms with Gasteiger partial charge in [0.1, 0.15) is 5.75 Å². The van der Waals surface area contributed by atoms with Gasteiger partial charge in [0.15, 0.2) is 0 Å². The van der Waals surface area contributed by atoms with Gasteiger partial charge in [-0.15, -0.1) is 0 Å². The van der Waals surface area contributed by atoms with Crippen molar-refractivity contribution in [1.29, 1.82) is 0 Å². The van der Waals surface area contributed by atoms with Gasteiger partial charge in [0, 0.05) is 7.05 Å². The van der Waals surface area contributed by atoms with Crippen molar-refractivity contribution in [2.24, 2.45) is 7.05 Å². The van der Waals surface area contributed by atoms with E-state index < -0.39 is 0 Å². The number of ether oxygens (including phenoxy) is 1. The van der Waals surface area contributed by atoms with Gasteiger partial charge in [-0.05, 0) is 50.6 Å². The molecule has 0 amide bonds. The molecule has 1 unspecified atom stereocenters. The molecular formula is C16H21N3O. The number of hydrogen-bond acceptors (Lipinski definition) is 3. The molecule has 1 aliphatic rings. The number of rotatable bonds is 5. The van der Waals surface area contributed by atoms with E-state index in [0.717, 1.165) is 17.1 Å². The van der Waals surface area contributed by atoms with Crippen LogP contribution in [0.15, 0.2) is 30.3 Å². The molecule has 0 aliphatic heterocycles. The molecule has 2 aromatic rings. The fourth-order valence-electron chi connectivity index (χ4n) is 2.53. The monoisotopic (exact) mass is 271 g/mol. The van der Waals surface area contributed by atoms with Crippen molar-refractivity contribution < 1.29 is 4.74 Å². The normalized spacial score (nSPS) is 16.1. The summed E-state index contributed by atoms with van der Waals surface area (Å²) >= 11 is 0. The van der Waals surface area contributed by atoms with Crippen LogP contribution in [0.25, 0.3) is 0 Å². The minimum Gasteiger partial charge on any atom is -0.490 e. The molecule has 1 fully saturated rings. The smallest absolute Gasteiger partial charge is 0.120 e. The molecule has 106 valence electrons. The minimum absolute atomic E-state index is 0.129. The summed E-state index contributed by atoms with van der Waals surface area (Å²) < 4.78 is 7.82. The summed E-state index contributed by atoms with van der Waals surface area (Å²) in [5.41, 5.74) is 3.40. The maximum atomic E-state index is 5.88. The van der Waals surface area contributed by atoms with Crippen molar-refractivity contribution >= 4 is 0 Å². The Morgan fingerprint density at radius 1 is 1.35 bits per heavy atom. The van der Waals surface area contributed by atoms with E-state index in [2.05, 4.69) is 34.7 Å². The average molecular weight is 271 g/mol. The Bertz CT molecular complexity index is 602. The Morgan fingerprint density at radius 2 is 2.15 bits per heavy atom. The molecule has 1 aromatic carbocycles. The Labute approximate surface area is 119 Å². The van der Waals surface area contributed by atoms with Gasteiger partial charge in [-0.3, -0.25) is 4.68 Å². The zero-order chi connectivity index (χ0) is 14.1. The minimum atomic E-state index is 0.129. The number of aryl methyl sites for hydroxylation is 2. The quantitative estimate of drug-likeness (QED) is 0.908. The molecule has 0 spiro atoms. The third-order valence-corrected chi connectivity index (χ3v) is 3.64.